The van der Waals surface area contributed by atoms with E-state index in [2.05, 4.69) is 15.1 Å². The molecule has 0 N–H and O–H groups in total. The van der Waals surface area contributed by atoms with Gasteiger partial charge in [-0.1, -0.05) is 0 Å². The molecule has 7 nitrogen and oxygen atoms in total. The van der Waals surface area contributed by atoms with Gasteiger partial charge in [0.2, 0.25) is 0 Å². The van der Waals surface area contributed by atoms with Gasteiger partial charge in [0.15, 0.2) is 15.7 Å². The first-order valence-corrected chi connectivity index (χ1v) is 10.5. The van der Waals surface area contributed by atoms with Crippen LogP contribution in [0.3, 0.4) is 0 Å². The van der Waals surface area contributed by atoms with E-state index in [0.717, 1.165) is 10.7 Å². The van der Waals surface area contributed by atoms with Crippen LogP contribution in [-0.4, -0.2) is 53.4 Å². The molecule has 0 amide bonds. The Kier molecular flexibility index (Phi) is 5.52. The van der Waals surface area contributed by atoms with E-state index in [-0.39, 0.29) is 17.5 Å². The first-order chi connectivity index (χ1) is 11.6. The molecule has 0 aromatic carbocycles. The summed E-state index contributed by atoms with van der Waals surface area (Å²) in [5.41, 5.74) is 0. The molecule has 1 aliphatic heterocycles. The summed E-state index contributed by atoms with van der Waals surface area (Å²) in [6.07, 6.45) is 4.72. The zero-order valence-electron chi connectivity index (χ0n) is 13.5. The van der Waals surface area contributed by atoms with Gasteiger partial charge in [-0.15, -0.1) is 11.8 Å². The largest absolute Gasteiger partial charge is 0.384 e. The van der Waals surface area contributed by atoms with Crippen molar-refractivity contribution < 1.29 is 13.2 Å². The topological polar surface area (TPSA) is 87.0 Å². The molecule has 1 unspecified atom stereocenters. The van der Waals surface area contributed by atoms with Gasteiger partial charge in [0.05, 0.1) is 29.9 Å². The van der Waals surface area contributed by atoms with Crippen molar-refractivity contribution >= 4 is 21.6 Å². The molecule has 0 radical (unpaired) electrons. The van der Waals surface area contributed by atoms with Crippen molar-refractivity contribution in [3.8, 4) is 0 Å². The van der Waals surface area contributed by atoms with E-state index < -0.39 is 9.84 Å². The van der Waals surface area contributed by atoms with E-state index in [1.807, 2.05) is 16.8 Å². The van der Waals surface area contributed by atoms with Gasteiger partial charge in [0, 0.05) is 30.8 Å². The zero-order chi connectivity index (χ0) is 17.0. The van der Waals surface area contributed by atoms with Crippen LogP contribution in [0.1, 0.15) is 24.1 Å². The average Bonchev–Trinajstić information content (AvgIpc) is 3.14. The quantitative estimate of drug-likeness (QED) is 0.685. The van der Waals surface area contributed by atoms with Crippen molar-refractivity contribution in [2.75, 3.05) is 25.2 Å². The number of ether oxygens (including phenoxy) is 1. The van der Waals surface area contributed by atoms with Crippen LogP contribution in [0.5, 0.6) is 0 Å². The summed E-state index contributed by atoms with van der Waals surface area (Å²) in [5.74, 6) is 2.52. The molecule has 0 bridgehead atoms. The van der Waals surface area contributed by atoms with E-state index in [1.54, 1.807) is 31.3 Å². The van der Waals surface area contributed by atoms with Crippen LogP contribution in [-0.2, 0) is 26.7 Å². The first-order valence-electron chi connectivity index (χ1n) is 7.74. The van der Waals surface area contributed by atoms with Gasteiger partial charge < -0.3 is 4.74 Å². The molecule has 3 heterocycles. The monoisotopic (exact) mass is 368 g/mol. The Hall–Kier alpha value is -1.45. The summed E-state index contributed by atoms with van der Waals surface area (Å²) in [5, 5.41) is 4.54. The fourth-order valence-corrected chi connectivity index (χ4v) is 5.14. The van der Waals surface area contributed by atoms with Crippen LogP contribution in [0.2, 0.25) is 0 Å². The van der Waals surface area contributed by atoms with Crippen LogP contribution in [0, 0.1) is 0 Å². The van der Waals surface area contributed by atoms with Gasteiger partial charge in [-0.25, -0.2) is 18.1 Å². The fourth-order valence-electron chi connectivity index (χ4n) is 2.65. The lowest BCUT2D eigenvalue weighted by atomic mass is 10.3. The molecule has 2 aromatic heterocycles. The number of methoxy groups -OCH3 is 1. The minimum absolute atomic E-state index is 0.119. The highest BCUT2D eigenvalue weighted by atomic mass is 32.2. The van der Waals surface area contributed by atoms with Crippen molar-refractivity contribution in [2.24, 2.45) is 0 Å². The van der Waals surface area contributed by atoms with Crippen LogP contribution < -0.4 is 0 Å². The van der Waals surface area contributed by atoms with Crippen molar-refractivity contribution in [3.63, 3.8) is 0 Å². The molecule has 1 aliphatic rings. The summed E-state index contributed by atoms with van der Waals surface area (Å²) in [4.78, 5) is 9.70. The van der Waals surface area contributed by atoms with E-state index in [9.17, 15) is 8.42 Å². The van der Waals surface area contributed by atoms with E-state index >= 15 is 0 Å². The van der Waals surface area contributed by atoms with Crippen molar-refractivity contribution in [1.82, 2.24) is 19.7 Å². The second kappa shape index (κ2) is 7.62. The molecule has 1 atom stereocenters. The minimum atomic E-state index is -2.96. The number of sulfone groups is 1. The number of hydrogen-bond acceptors (Lipinski definition) is 7. The number of thioether (sulfide) groups is 1. The van der Waals surface area contributed by atoms with Crippen LogP contribution in [0.4, 0.5) is 0 Å². The normalized spacial score (nSPS) is 19.6. The maximum atomic E-state index is 11.8. The predicted molar refractivity (Wildman–Crippen MR) is 91.7 cm³/mol. The molecule has 9 heteroatoms. The van der Waals surface area contributed by atoms with Crippen molar-refractivity contribution in [2.45, 2.75) is 29.5 Å². The Balaban J connectivity index is 1.78. The van der Waals surface area contributed by atoms with Crippen LogP contribution >= 0.6 is 11.8 Å². The fraction of sp³-hybridized carbons (Fsp3) is 0.533. The van der Waals surface area contributed by atoms with Gasteiger partial charge in [-0.2, -0.15) is 5.10 Å². The molecule has 3 rings (SSSR count). The van der Waals surface area contributed by atoms with Gasteiger partial charge in [-0.05, 0) is 18.6 Å². The SMILES string of the molecule is COCCc1nc(CSc2ccncc2)n(C2CCS(=O)(=O)C2)n1. The third-order valence-electron chi connectivity index (χ3n) is 3.85. The number of rotatable bonds is 7. The summed E-state index contributed by atoms with van der Waals surface area (Å²) >= 11 is 1.64. The van der Waals surface area contributed by atoms with Gasteiger partial charge in [0.1, 0.15) is 5.82 Å². The van der Waals surface area contributed by atoms with Gasteiger partial charge in [0.25, 0.3) is 0 Å². The highest BCUT2D eigenvalue weighted by Crippen LogP contribution is 2.27. The van der Waals surface area contributed by atoms with Crippen LogP contribution in [0.25, 0.3) is 0 Å². The van der Waals surface area contributed by atoms with Crippen molar-refractivity contribution in [1.29, 1.82) is 0 Å². The summed E-state index contributed by atoms with van der Waals surface area (Å²) in [6, 6.07) is 3.76. The van der Waals surface area contributed by atoms with Gasteiger partial charge >= 0.3 is 0 Å². The number of pyridine rings is 1. The number of hydrogen-bond donors (Lipinski definition) is 0. The lowest BCUT2D eigenvalue weighted by Gasteiger charge is -2.11. The summed E-state index contributed by atoms with van der Waals surface area (Å²) < 4.78 is 30.5. The van der Waals surface area contributed by atoms with Crippen LogP contribution in [0.15, 0.2) is 29.4 Å². The standard InChI is InChI=1S/C15H20N4O3S2/c1-22-8-4-14-17-15(10-23-13-2-6-16-7-3-13)19(18-14)12-5-9-24(20,21)11-12/h2-3,6-7,12H,4-5,8-11H2,1H3. The Morgan fingerprint density at radius 1 is 1.38 bits per heavy atom. The number of nitrogens with zero attached hydrogens (tertiary/aromatic N) is 4. The second-order valence-electron chi connectivity index (χ2n) is 5.66. The lowest BCUT2D eigenvalue weighted by molar-refractivity contribution is 0.200. The smallest absolute Gasteiger partial charge is 0.153 e. The Morgan fingerprint density at radius 2 is 2.17 bits per heavy atom. The first kappa shape index (κ1) is 17.4. The minimum Gasteiger partial charge on any atom is -0.384 e. The van der Waals surface area contributed by atoms with E-state index in [1.165, 1.54) is 0 Å². The molecule has 2 aromatic rings. The predicted octanol–water partition coefficient (Wildman–Crippen LogP) is 1.51. The second-order valence-corrected chi connectivity index (χ2v) is 8.94. The lowest BCUT2D eigenvalue weighted by Crippen LogP contribution is -2.15. The third kappa shape index (κ3) is 4.34. The molecule has 0 aliphatic carbocycles. The third-order valence-corrected chi connectivity index (χ3v) is 6.61. The Morgan fingerprint density at radius 3 is 2.83 bits per heavy atom. The summed E-state index contributed by atoms with van der Waals surface area (Å²) in [7, 11) is -1.32. The highest BCUT2D eigenvalue weighted by Gasteiger charge is 2.31. The van der Waals surface area contributed by atoms with E-state index in [4.69, 9.17) is 4.74 Å². The zero-order valence-corrected chi connectivity index (χ0v) is 15.1. The average molecular weight is 368 g/mol. The Labute approximate surface area is 145 Å². The molecular formula is C15H20N4O3S2. The van der Waals surface area contributed by atoms with Gasteiger partial charge in [-0.3, -0.25) is 4.98 Å². The molecule has 1 saturated heterocycles. The molecular weight excluding hydrogens is 348 g/mol. The molecule has 0 saturated carbocycles. The molecule has 1 fully saturated rings. The number of aromatic nitrogens is 4. The Bertz CT molecular complexity index is 777. The van der Waals surface area contributed by atoms with Crippen molar-refractivity contribution in [3.05, 3.63) is 36.2 Å². The molecule has 24 heavy (non-hydrogen) atoms. The maximum Gasteiger partial charge on any atom is 0.153 e. The summed E-state index contributed by atoms with van der Waals surface area (Å²) in [6.45, 7) is 0.546. The maximum absolute atomic E-state index is 11.8. The highest BCUT2D eigenvalue weighted by molar-refractivity contribution is 7.98. The molecule has 130 valence electrons. The van der Waals surface area contributed by atoms with E-state index in [0.29, 0.717) is 31.0 Å². The molecule has 0 spiro atoms.